The van der Waals surface area contributed by atoms with Crippen LogP contribution < -0.4 is 5.32 Å². The summed E-state index contributed by atoms with van der Waals surface area (Å²) in [6.45, 7) is 4.82. The topological polar surface area (TPSA) is 67.2 Å². The van der Waals surface area contributed by atoms with Crippen LogP contribution in [0.3, 0.4) is 0 Å². The van der Waals surface area contributed by atoms with E-state index in [1.807, 2.05) is 24.7 Å². The number of nitrogens with one attached hydrogen (secondary N) is 1. The van der Waals surface area contributed by atoms with Crippen molar-refractivity contribution in [2.45, 2.75) is 31.8 Å². The van der Waals surface area contributed by atoms with Gasteiger partial charge in [-0.25, -0.2) is 0 Å². The highest BCUT2D eigenvalue weighted by Gasteiger charge is 2.31. The van der Waals surface area contributed by atoms with Gasteiger partial charge >= 0.3 is 5.97 Å². The van der Waals surface area contributed by atoms with Gasteiger partial charge in [0.1, 0.15) is 6.04 Å². The Labute approximate surface area is 98.2 Å². The Hall–Kier alpha value is -1.01. The van der Waals surface area contributed by atoms with E-state index in [9.17, 15) is 4.79 Å². The van der Waals surface area contributed by atoms with Crippen molar-refractivity contribution in [3.63, 3.8) is 0 Å². The minimum absolute atomic E-state index is 0.0569. The second-order valence-corrected chi connectivity index (χ2v) is 4.93. The Bertz CT molecular complexity index is 405. The molecule has 1 aromatic rings. The quantitative estimate of drug-likeness (QED) is 0.826. The highest BCUT2D eigenvalue weighted by atomic mass is 32.2. The third-order valence-electron chi connectivity index (χ3n) is 2.67. The maximum atomic E-state index is 10.8. The summed E-state index contributed by atoms with van der Waals surface area (Å²) in [7, 11) is 0. The number of hydrogen-bond donors (Lipinski definition) is 2. The molecule has 0 aliphatic carbocycles. The van der Waals surface area contributed by atoms with E-state index < -0.39 is 12.0 Å². The molecule has 0 amide bonds. The molecule has 6 heteroatoms. The average molecular weight is 241 g/mol. The van der Waals surface area contributed by atoms with Crippen LogP contribution in [0.5, 0.6) is 0 Å². The van der Waals surface area contributed by atoms with Crippen LogP contribution in [0.2, 0.25) is 0 Å². The van der Waals surface area contributed by atoms with Gasteiger partial charge in [0.25, 0.3) is 0 Å². The van der Waals surface area contributed by atoms with E-state index in [1.165, 1.54) is 0 Å². The average Bonchev–Trinajstić information content (AvgIpc) is 2.83. The van der Waals surface area contributed by atoms with Gasteiger partial charge in [0.05, 0.1) is 11.1 Å². The van der Waals surface area contributed by atoms with Gasteiger partial charge in [-0.3, -0.25) is 14.8 Å². The van der Waals surface area contributed by atoms with Crippen molar-refractivity contribution >= 4 is 17.7 Å². The molecule has 1 aliphatic rings. The van der Waals surface area contributed by atoms with Gasteiger partial charge in [0.2, 0.25) is 0 Å². The fraction of sp³-hybridized carbons (Fsp3) is 0.600. The molecule has 0 unspecified atom stereocenters. The number of aromatic nitrogens is 2. The minimum Gasteiger partial charge on any atom is -0.480 e. The van der Waals surface area contributed by atoms with Crippen LogP contribution in [0.4, 0.5) is 0 Å². The van der Waals surface area contributed by atoms with Crippen molar-refractivity contribution in [2.24, 2.45) is 0 Å². The molecule has 0 radical (unpaired) electrons. The van der Waals surface area contributed by atoms with E-state index in [0.717, 1.165) is 17.8 Å². The Morgan fingerprint density at radius 3 is 3.06 bits per heavy atom. The summed E-state index contributed by atoms with van der Waals surface area (Å²) in [5.74, 6) is -0.174. The number of aryl methyl sites for hydroxylation is 2. The summed E-state index contributed by atoms with van der Waals surface area (Å²) in [5, 5.41) is 16.4. The monoisotopic (exact) mass is 241 g/mol. The Morgan fingerprint density at radius 2 is 2.56 bits per heavy atom. The van der Waals surface area contributed by atoms with Gasteiger partial charge in [-0.15, -0.1) is 11.8 Å². The molecule has 0 spiro atoms. The fourth-order valence-electron chi connectivity index (χ4n) is 1.75. The molecule has 2 atom stereocenters. The van der Waals surface area contributed by atoms with Gasteiger partial charge in [0.15, 0.2) is 0 Å². The summed E-state index contributed by atoms with van der Waals surface area (Å²) in [5.41, 5.74) is 2.06. The molecule has 1 aromatic heterocycles. The Kier molecular flexibility index (Phi) is 3.20. The highest BCUT2D eigenvalue weighted by Crippen LogP contribution is 2.34. The Morgan fingerprint density at radius 1 is 1.81 bits per heavy atom. The maximum absolute atomic E-state index is 10.8. The van der Waals surface area contributed by atoms with Crippen molar-refractivity contribution in [1.29, 1.82) is 0 Å². The first kappa shape index (κ1) is 11.5. The lowest BCUT2D eigenvalue weighted by molar-refractivity contribution is -0.138. The molecule has 5 nitrogen and oxygen atoms in total. The van der Waals surface area contributed by atoms with Crippen LogP contribution in [0.25, 0.3) is 0 Å². The third kappa shape index (κ3) is 2.08. The summed E-state index contributed by atoms with van der Waals surface area (Å²) < 4.78 is 1.88. The summed E-state index contributed by atoms with van der Waals surface area (Å²) in [6, 6.07) is -0.445. The second-order valence-electron chi connectivity index (χ2n) is 3.80. The van der Waals surface area contributed by atoms with Crippen LogP contribution in [-0.4, -0.2) is 32.7 Å². The smallest absolute Gasteiger partial charge is 0.321 e. The molecule has 2 N–H and O–H groups in total. The van der Waals surface area contributed by atoms with Crippen molar-refractivity contribution < 1.29 is 9.90 Å². The van der Waals surface area contributed by atoms with Crippen LogP contribution in [0.1, 0.15) is 23.6 Å². The lowest BCUT2D eigenvalue weighted by Crippen LogP contribution is -2.33. The van der Waals surface area contributed by atoms with Crippen LogP contribution in [0.15, 0.2) is 6.20 Å². The van der Waals surface area contributed by atoms with E-state index in [4.69, 9.17) is 5.11 Å². The number of carbonyl (C=O) groups is 1. The molecule has 2 rings (SSSR count). The van der Waals surface area contributed by atoms with Gasteiger partial charge < -0.3 is 5.11 Å². The first-order valence-corrected chi connectivity index (χ1v) is 6.31. The van der Waals surface area contributed by atoms with Crippen molar-refractivity contribution in [3.8, 4) is 0 Å². The molecule has 1 saturated heterocycles. The zero-order chi connectivity index (χ0) is 11.7. The largest absolute Gasteiger partial charge is 0.480 e. The standard InChI is InChI=1S/C10H15N3O2S/c1-3-13-4-7(6(2)12-13)9-11-8(5-16-9)10(14)15/h4,8-9,11H,3,5H2,1-2H3,(H,14,15)/t8-,9-/m1/s1. The number of carboxylic acid groups (broad SMARTS) is 1. The van der Waals surface area contributed by atoms with E-state index in [-0.39, 0.29) is 5.37 Å². The van der Waals surface area contributed by atoms with E-state index >= 15 is 0 Å². The van der Waals surface area contributed by atoms with Gasteiger partial charge in [-0.2, -0.15) is 5.10 Å². The highest BCUT2D eigenvalue weighted by molar-refractivity contribution is 7.99. The first-order chi connectivity index (χ1) is 7.61. The minimum atomic E-state index is -0.782. The third-order valence-corrected chi connectivity index (χ3v) is 3.92. The van der Waals surface area contributed by atoms with Crippen molar-refractivity contribution in [2.75, 3.05) is 5.75 Å². The van der Waals surface area contributed by atoms with E-state index in [1.54, 1.807) is 11.8 Å². The first-order valence-electron chi connectivity index (χ1n) is 5.26. The Balaban J connectivity index is 2.13. The molecule has 0 bridgehead atoms. The maximum Gasteiger partial charge on any atom is 0.321 e. The van der Waals surface area contributed by atoms with Crippen LogP contribution >= 0.6 is 11.8 Å². The predicted octanol–water partition coefficient (Wildman–Crippen LogP) is 1.000. The fourth-order valence-corrected chi connectivity index (χ4v) is 3.04. The number of rotatable bonds is 3. The van der Waals surface area contributed by atoms with E-state index in [0.29, 0.717) is 5.75 Å². The normalized spacial score (nSPS) is 24.9. The zero-order valence-electron chi connectivity index (χ0n) is 9.30. The number of thioether (sulfide) groups is 1. The molecule has 1 aliphatic heterocycles. The van der Waals surface area contributed by atoms with Crippen molar-refractivity contribution in [3.05, 3.63) is 17.5 Å². The summed E-state index contributed by atoms with van der Waals surface area (Å²) in [4.78, 5) is 10.8. The second kappa shape index (κ2) is 4.47. The molecular weight excluding hydrogens is 226 g/mol. The number of carboxylic acids is 1. The lowest BCUT2D eigenvalue weighted by Gasteiger charge is -2.09. The van der Waals surface area contributed by atoms with Gasteiger partial charge in [-0.1, -0.05) is 0 Å². The summed E-state index contributed by atoms with van der Waals surface area (Å²) >= 11 is 1.62. The predicted molar refractivity (Wildman–Crippen MR) is 62.4 cm³/mol. The lowest BCUT2D eigenvalue weighted by atomic mass is 10.2. The molecule has 2 heterocycles. The van der Waals surface area contributed by atoms with Crippen LogP contribution in [-0.2, 0) is 11.3 Å². The molecule has 1 fully saturated rings. The number of hydrogen-bond acceptors (Lipinski definition) is 4. The molecule has 0 aromatic carbocycles. The molecule has 16 heavy (non-hydrogen) atoms. The SMILES string of the molecule is CCn1cc([C@@H]2N[C@@H](C(=O)O)CS2)c(C)n1. The molecule has 88 valence electrons. The molecule has 0 saturated carbocycles. The molecular formula is C10H15N3O2S. The zero-order valence-corrected chi connectivity index (χ0v) is 10.1. The van der Waals surface area contributed by atoms with Crippen molar-refractivity contribution in [1.82, 2.24) is 15.1 Å². The van der Waals surface area contributed by atoms with Gasteiger partial charge in [0, 0.05) is 24.1 Å². The number of aliphatic carboxylic acids is 1. The van der Waals surface area contributed by atoms with Crippen LogP contribution in [0, 0.1) is 6.92 Å². The number of nitrogens with zero attached hydrogens (tertiary/aromatic N) is 2. The van der Waals surface area contributed by atoms with E-state index in [2.05, 4.69) is 10.4 Å². The van der Waals surface area contributed by atoms with Gasteiger partial charge in [-0.05, 0) is 13.8 Å². The summed E-state index contributed by atoms with van der Waals surface area (Å²) in [6.07, 6.45) is 1.99.